The molecule has 25 heavy (non-hydrogen) atoms. The molecule has 0 heterocycles. The lowest BCUT2D eigenvalue weighted by molar-refractivity contribution is -0.132. The molecule has 1 unspecified atom stereocenters. The Morgan fingerprint density at radius 1 is 1.16 bits per heavy atom. The second kappa shape index (κ2) is 8.32. The minimum absolute atomic E-state index is 0.152. The van der Waals surface area contributed by atoms with Gasteiger partial charge in [0.1, 0.15) is 0 Å². The molecule has 1 saturated carbocycles. The van der Waals surface area contributed by atoms with Crippen LogP contribution in [0.3, 0.4) is 0 Å². The number of rotatable bonds is 9. The first-order valence-corrected chi connectivity index (χ1v) is 10.6. The first kappa shape index (κ1) is 19.9. The predicted molar refractivity (Wildman–Crippen MR) is 99.8 cm³/mol. The van der Waals surface area contributed by atoms with Gasteiger partial charge in [0.15, 0.2) is 0 Å². The molecule has 0 bridgehead atoms. The van der Waals surface area contributed by atoms with Crippen molar-refractivity contribution in [3.05, 3.63) is 29.8 Å². The lowest BCUT2D eigenvalue weighted by Gasteiger charge is -2.25. The Morgan fingerprint density at radius 3 is 2.20 bits per heavy atom. The fourth-order valence-corrected chi connectivity index (χ4v) is 4.55. The van der Waals surface area contributed by atoms with Crippen LogP contribution in [0, 0.1) is 5.92 Å². The Morgan fingerprint density at radius 2 is 1.72 bits per heavy atom. The number of carbonyl (C=O) groups is 1. The van der Waals surface area contributed by atoms with Crippen LogP contribution in [-0.4, -0.2) is 49.7 Å². The van der Waals surface area contributed by atoms with Crippen molar-refractivity contribution in [3.8, 4) is 0 Å². The standard InChI is InChI=1S/C19H30N2O3S/c1-5-21(6-2)25(23,24)18-12-7-16(8-13-18)9-14-19(22)20(4)15(3)17-10-11-17/h7-8,12-13,15,17H,5-6,9-11,14H2,1-4H3. The van der Waals surface area contributed by atoms with E-state index in [1.807, 2.05) is 37.9 Å². The first-order valence-electron chi connectivity index (χ1n) is 9.16. The van der Waals surface area contributed by atoms with Gasteiger partial charge in [-0.05, 0) is 49.8 Å². The van der Waals surface area contributed by atoms with Crippen molar-refractivity contribution in [2.75, 3.05) is 20.1 Å². The molecule has 1 atom stereocenters. The van der Waals surface area contributed by atoms with Gasteiger partial charge in [-0.25, -0.2) is 8.42 Å². The van der Waals surface area contributed by atoms with E-state index in [1.165, 1.54) is 17.1 Å². The summed E-state index contributed by atoms with van der Waals surface area (Å²) < 4.78 is 26.4. The summed E-state index contributed by atoms with van der Waals surface area (Å²) in [5.74, 6) is 0.817. The highest BCUT2D eigenvalue weighted by atomic mass is 32.2. The topological polar surface area (TPSA) is 57.7 Å². The van der Waals surface area contributed by atoms with E-state index >= 15 is 0 Å². The van der Waals surface area contributed by atoms with Crippen molar-refractivity contribution in [2.24, 2.45) is 5.92 Å². The van der Waals surface area contributed by atoms with Crippen molar-refractivity contribution in [2.45, 2.75) is 57.4 Å². The highest BCUT2D eigenvalue weighted by molar-refractivity contribution is 7.89. The monoisotopic (exact) mass is 366 g/mol. The molecule has 0 aliphatic heterocycles. The molecule has 1 aromatic rings. The zero-order valence-corrected chi connectivity index (χ0v) is 16.6. The molecule has 1 aliphatic carbocycles. The largest absolute Gasteiger partial charge is 0.343 e. The summed E-state index contributed by atoms with van der Waals surface area (Å²) in [7, 11) is -1.54. The molecule has 140 valence electrons. The Balaban J connectivity index is 1.95. The molecule has 0 radical (unpaired) electrons. The van der Waals surface area contributed by atoms with Crippen LogP contribution in [0.5, 0.6) is 0 Å². The van der Waals surface area contributed by atoms with E-state index < -0.39 is 10.0 Å². The van der Waals surface area contributed by atoms with Crippen molar-refractivity contribution < 1.29 is 13.2 Å². The van der Waals surface area contributed by atoms with Crippen LogP contribution in [0.2, 0.25) is 0 Å². The molecular weight excluding hydrogens is 336 g/mol. The quantitative estimate of drug-likeness (QED) is 0.675. The minimum Gasteiger partial charge on any atom is -0.343 e. The third-order valence-corrected chi connectivity index (χ3v) is 7.27. The van der Waals surface area contributed by atoms with Crippen LogP contribution >= 0.6 is 0 Å². The van der Waals surface area contributed by atoms with Gasteiger partial charge in [0.2, 0.25) is 15.9 Å². The number of sulfonamides is 1. The summed E-state index contributed by atoms with van der Waals surface area (Å²) in [6.45, 7) is 6.70. The van der Waals surface area contributed by atoms with Gasteiger partial charge in [0.25, 0.3) is 0 Å². The third-order valence-electron chi connectivity index (χ3n) is 5.20. The third kappa shape index (κ3) is 4.82. The van der Waals surface area contributed by atoms with E-state index in [0.29, 0.717) is 42.8 Å². The lowest BCUT2D eigenvalue weighted by Crippen LogP contribution is -2.36. The number of benzene rings is 1. The van der Waals surface area contributed by atoms with Gasteiger partial charge in [-0.15, -0.1) is 0 Å². The summed E-state index contributed by atoms with van der Waals surface area (Å²) in [5.41, 5.74) is 0.985. The summed E-state index contributed by atoms with van der Waals surface area (Å²) in [6.07, 6.45) is 3.53. The normalized spacial score (nSPS) is 16.0. The maximum Gasteiger partial charge on any atom is 0.243 e. The van der Waals surface area contributed by atoms with Crippen LogP contribution in [0.1, 0.15) is 45.6 Å². The van der Waals surface area contributed by atoms with Gasteiger partial charge < -0.3 is 4.90 Å². The summed E-state index contributed by atoms with van der Waals surface area (Å²) >= 11 is 0. The number of hydrogen-bond acceptors (Lipinski definition) is 3. The zero-order chi connectivity index (χ0) is 18.6. The lowest BCUT2D eigenvalue weighted by atomic mass is 10.1. The van der Waals surface area contributed by atoms with E-state index in [-0.39, 0.29) is 5.91 Å². The molecule has 6 heteroatoms. The minimum atomic E-state index is -3.42. The van der Waals surface area contributed by atoms with Gasteiger partial charge >= 0.3 is 0 Å². The molecule has 1 aliphatic rings. The van der Waals surface area contributed by atoms with Crippen LogP contribution in [0.15, 0.2) is 29.2 Å². The van der Waals surface area contributed by atoms with E-state index in [1.54, 1.807) is 12.1 Å². The Kier molecular flexibility index (Phi) is 6.63. The second-order valence-electron chi connectivity index (χ2n) is 6.82. The fraction of sp³-hybridized carbons (Fsp3) is 0.632. The fourth-order valence-electron chi connectivity index (χ4n) is 3.09. The predicted octanol–water partition coefficient (Wildman–Crippen LogP) is 2.91. The van der Waals surface area contributed by atoms with Crippen molar-refractivity contribution in [1.82, 2.24) is 9.21 Å². The first-order chi connectivity index (χ1) is 11.8. The smallest absolute Gasteiger partial charge is 0.243 e. The van der Waals surface area contributed by atoms with E-state index in [0.717, 1.165) is 5.56 Å². The van der Waals surface area contributed by atoms with E-state index in [2.05, 4.69) is 6.92 Å². The molecule has 0 aromatic heterocycles. The van der Waals surface area contributed by atoms with Crippen molar-refractivity contribution in [3.63, 3.8) is 0 Å². The number of hydrogen-bond donors (Lipinski definition) is 0. The number of aryl methyl sites for hydroxylation is 1. The molecule has 0 N–H and O–H groups in total. The zero-order valence-electron chi connectivity index (χ0n) is 15.7. The van der Waals surface area contributed by atoms with E-state index in [4.69, 9.17) is 0 Å². The van der Waals surface area contributed by atoms with Crippen LogP contribution in [0.4, 0.5) is 0 Å². The summed E-state index contributed by atoms with van der Waals surface area (Å²) in [6, 6.07) is 7.23. The molecule has 5 nitrogen and oxygen atoms in total. The number of amides is 1. The molecule has 1 aromatic carbocycles. The van der Waals surface area contributed by atoms with Gasteiger partial charge in [-0.2, -0.15) is 4.31 Å². The van der Waals surface area contributed by atoms with Gasteiger partial charge in [0, 0.05) is 32.6 Å². The average Bonchev–Trinajstić information content (AvgIpc) is 3.44. The van der Waals surface area contributed by atoms with Crippen LogP contribution < -0.4 is 0 Å². The van der Waals surface area contributed by atoms with Gasteiger partial charge in [-0.3, -0.25) is 4.79 Å². The molecule has 0 saturated heterocycles. The summed E-state index contributed by atoms with van der Waals surface area (Å²) in [5, 5.41) is 0. The number of nitrogens with zero attached hydrogens (tertiary/aromatic N) is 2. The van der Waals surface area contributed by atoms with Crippen molar-refractivity contribution >= 4 is 15.9 Å². The van der Waals surface area contributed by atoms with Gasteiger partial charge in [0.05, 0.1) is 4.90 Å². The highest BCUT2D eigenvalue weighted by Gasteiger charge is 2.32. The summed E-state index contributed by atoms with van der Waals surface area (Å²) in [4.78, 5) is 14.5. The molecular formula is C19H30N2O3S. The SMILES string of the molecule is CCN(CC)S(=O)(=O)c1ccc(CCC(=O)N(C)C(C)C2CC2)cc1. The second-order valence-corrected chi connectivity index (χ2v) is 8.75. The molecule has 1 fully saturated rings. The maximum absolute atomic E-state index is 12.5. The Bertz CT molecular complexity index is 677. The molecule has 0 spiro atoms. The van der Waals surface area contributed by atoms with E-state index in [9.17, 15) is 13.2 Å². The van der Waals surface area contributed by atoms with Crippen LogP contribution in [-0.2, 0) is 21.2 Å². The Hall–Kier alpha value is -1.40. The molecule has 1 amide bonds. The maximum atomic E-state index is 12.5. The highest BCUT2D eigenvalue weighted by Crippen LogP contribution is 2.34. The van der Waals surface area contributed by atoms with Crippen LogP contribution in [0.25, 0.3) is 0 Å². The number of carbonyl (C=O) groups excluding carboxylic acids is 1. The van der Waals surface area contributed by atoms with Gasteiger partial charge in [-0.1, -0.05) is 26.0 Å². The molecule has 2 rings (SSSR count). The Labute approximate surface area is 152 Å². The van der Waals surface area contributed by atoms with Crippen molar-refractivity contribution in [1.29, 1.82) is 0 Å². The average molecular weight is 367 g/mol.